The van der Waals surface area contributed by atoms with Crippen molar-refractivity contribution in [2.24, 2.45) is 5.73 Å². The lowest BCUT2D eigenvalue weighted by atomic mass is 10.1. The van der Waals surface area contributed by atoms with Gasteiger partial charge < -0.3 is 11.1 Å². The van der Waals surface area contributed by atoms with Crippen LogP contribution in [0.25, 0.3) is 0 Å². The fraction of sp³-hybridized carbons (Fsp3) is 0.500. The van der Waals surface area contributed by atoms with Gasteiger partial charge in [-0.05, 0) is 25.3 Å². The third-order valence-electron chi connectivity index (χ3n) is 2.08. The van der Waals surface area contributed by atoms with E-state index >= 15 is 0 Å². The molecule has 0 radical (unpaired) electrons. The molecule has 0 saturated heterocycles. The third kappa shape index (κ3) is 4.65. The van der Waals surface area contributed by atoms with Crippen molar-refractivity contribution in [2.45, 2.75) is 30.0 Å². The number of carbonyl (C=O) groups excluding carboxylic acids is 1. The van der Waals surface area contributed by atoms with Crippen molar-refractivity contribution in [3.05, 3.63) is 16.3 Å². The van der Waals surface area contributed by atoms with Crippen LogP contribution in [0.2, 0.25) is 0 Å². The second-order valence-corrected chi connectivity index (χ2v) is 7.39. The summed E-state index contributed by atoms with van der Waals surface area (Å²) in [4.78, 5) is 10.9. The Bertz CT molecular complexity index is 567. The molecule has 10 heteroatoms. The van der Waals surface area contributed by atoms with Crippen LogP contribution < -0.4 is 11.1 Å². The first-order chi connectivity index (χ1) is 8.55. The Balaban J connectivity index is 0.00000361. The first-order valence-electron chi connectivity index (χ1n) is 5.22. The fourth-order valence-electron chi connectivity index (χ4n) is 1.17. The highest BCUT2D eigenvalue weighted by Crippen LogP contribution is 2.26. The van der Waals surface area contributed by atoms with Gasteiger partial charge in [-0.2, -0.15) is 8.78 Å². The number of sulfone groups is 1. The highest BCUT2D eigenvalue weighted by atomic mass is 35.5. The number of nitrogens with one attached hydrogen (secondary N) is 1. The van der Waals surface area contributed by atoms with Crippen LogP contribution in [0.1, 0.15) is 23.5 Å². The molecule has 1 rings (SSSR count). The second kappa shape index (κ2) is 6.79. The van der Waals surface area contributed by atoms with Gasteiger partial charge in [0.1, 0.15) is 4.88 Å². The molecule has 1 aromatic heterocycles. The van der Waals surface area contributed by atoms with Gasteiger partial charge in [0.05, 0.1) is 4.90 Å². The van der Waals surface area contributed by atoms with Crippen molar-refractivity contribution in [1.29, 1.82) is 0 Å². The number of rotatable bonds is 5. The summed E-state index contributed by atoms with van der Waals surface area (Å²) in [6.45, 7) is 3.43. The standard InChI is InChI=1S/C10H14F2N2O3S2.ClH/c1-10(2,13)5-14-8(15)7-6(3-4-18-7)19(16,17)9(11)12;/h3-4,9H,5,13H2,1-2H3,(H,14,15);1H. The minimum absolute atomic E-state index is 0. The molecule has 0 aliphatic carbocycles. The Morgan fingerprint density at radius 3 is 2.50 bits per heavy atom. The van der Waals surface area contributed by atoms with Crippen molar-refractivity contribution >= 4 is 39.5 Å². The van der Waals surface area contributed by atoms with Crippen LogP contribution in [-0.4, -0.2) is 32.2 Å². The summed E-state index contributed by atoms with van der Waals surface area (Å²) in [5.74, 6) is -4.28. The van der Waals surface area contributed by atoms with Crippen LogP contribution >= 0.6 is 23.7 Å². The molecule has 1 heterocycles. The first kappa shape index (κ1) is 19.2. The number of carbonyl (C=O) groups is 1. The van der Waals surface area contributed by atoms with E-state index in [-0.39, 0.29) is 23.8 Å². The van der Waals surface area contributed by atoms with Gasteiger partial charge in [-0.3, -0.25) is 4.79 Å². The van der Waals surface area contributed by atoms with E-state index in [4.69, 9.17) is 5.73 Å². The van der Waals surface area contributed by atoms with Gasteiger partial charge in [-0.15, -0.1) is 23.7 Å². The van der Waals surface area contributed by atoms with E-state index in [2.05, 4.69) is 5.32 Å². The lowest BCUT2D eigenvalue weighted by Gasteiger charge is -2.18. The third-order valence-corrected chi connectivity index (χ3v) is 4.55. The van der Waals surface area contributed by atoms with E-state index in [1.54, 1.807) is 13.8 Å². The number of hydrogen-bond acceptors (Lipinski definition) is 5. The van der Waals surface area contributed by atoms with Crippen LogP contribution in [-0.2, 0) is 9.84 Å². The van der Waals surface area contributed by atoms with Crippen molar-refractivity contribution < 1.29 is 22.0 Å². The summed E-state index contributed by atoms with van der Waals surface area (Å²) < 4.78 is 47.7. The predicted molar refractivity (Wildman–Crippen MR) is 75.4 cm³/mol. The number of hydrogen-bond donors (Lipinski definition) is 2. The molecule has 0 unspecified atom stereocenters. The van der Waals surface area contributed by atoms with E-state index < -0.39 is 31.9 Å². The van der Waals surface area contributed by atoms with Gasteiger partial charge in [0.2, 0.25) is 9.84 Å². The zero-order valence-electron chi connectivity index (χ0n) is 10.7. The quantitative estimate of drug-likeness (QED) is 0.846. The van der Waals surface area contributed by atoms with E-state index in [1.807, 2.05) is 0 Å². The molecule has 0 fully saturated rings. The van der Waals surface area contributed by atoms with Crippen LogP contribution in [0, 0.1) is 0 Å². The summed E-state index contributed by atoms with van der Waals surface area (Å²) in [5, 5.41) is 3.69. The molecule has 5 nitrogen and oxygen atoms in total. The Hall–Kier alpha value is -0.770. The van der Waals surface area contributed by atoms with Crippen molar-refractivity contribution in [3.8, 4) is 0 Å². The summed E-state index contributed by atoms with van der Waals surface area (Å²) in [6.07, 6.45) is 0. The molecule has 0 aliphatic heterocycles. The largest absolute Gasteiger partial charge is 0.349 e. The summed E-state index contributed by atoms with van der Waals surface area (Å²) in [6, 6.07) is 0.995. The maximum Gasteiger partial charge on any atom is 0.341 e. The maximum absolute atomic E-state index is 12.5. The van der Waals surface area contributed by atoms with Crippen molar-refractivity contribution in [1.82, 2.24) is 5.32 Å². The molecule has 1 amide bonds. The number of nitrogens with two attached hydrogens (primary N) is 1. The lowest BCUT2D eigenvalue weighted by molar-refractivity contribution is 0.0947. The van der Waals surface area contributed by atoms with E-state index in [0.717, 1.165) is 17.4 Å². The van der Waals surface area contributed by atoms with Gasteiger partial charge in [0.25, 0.3) is 5.91 Å². The molecule has 0 bridgehead atoms. The molecule has 20 heavy (non-hydrogen) atoms. The van der Waals surface area contributed by atoms with Crippen LogP contribution in [0.3, 0.4) is 0 Å². The summed E-state index contributed by atoms with van der Waals surface area (Å²) >= 11 is 0.787. The molecule has 0 spiro atoms. The lowest BCUT2D eigenvalue weighted by Crippen LogP contribution is -2.45. The molecule has 116 valence electrons. The van der Waals surface area contributed by atoms with Gasteiger partial charge in [-0.1, -0.05) is 0 Å². The van der Waals surface area contributed by atoms with Gasteiger partial charge in [-0.25, -0.2) is 8.42 Å². The summed E-state index contributed by atoms with van der Waals surface area (Å²) in [7, 11) is -4.78. The Morgan fingerprint density at radius 1 is 1.50 bits per heavy atom. The number of thiophene rings is 1. The van der Waals surface area contributed by atoms with Crippen molar-refractivity contribution in [3.63, 3.8) is 0 Å². The number of alkyl halides is 2. The van der Waals surface area contributed by atoms with E-state index in [0.29, 0.717) is 0 Å². The fourth-order valence-corrected chi connectivity index (χ4v) is 3.25. The van der Waals surface area contributed by atoms with Gasteiger partial charge in [0.15, 0.2) is 0 Å². The Kier molecular flexibility index (Phi) is 6.53. The zero-order chi connectivity index (χ0) is 14.8. The first-order valence-corrected chi connectivity index (χ1v) is 7.65. The smallest absolute Gasteiger partial charge is 0.341 e. The minimum atomic E-state index is -4.78. The molecule has 0 saturated carbocycles. The zero-order valence-corrected chi connectivity index (χ0v) is 13.2. The molecule has 0 atom stereocenters. The molecule has 3 N–H and O–H groups in total. The summed E-state index contributed by atoms with van der Waals surface area (Å²) in [5.41, 5.74) is 4.97. The normalized spacial score (nSPS) is 12.1. The Labute approximate surface area is 125 Å². The van der Waals surface area contributed by atoms with Gasteiger partial charge >= 0.3 is 5.76 Å². The highest BCUT2D eigenvalue weighted by molar-refractivity contribution is 7.92. The predicted octanol–water partition coefficient (Wildman–Crippen LogP) is 1.63. The van der Waals surface area contributed by atoms with Gasteiger partial charge in [0, 0.05) is 12.1 Å². The highest BCUT2D eigenvalue weighted by Gasteiger charge is 2.32. The average Bonchev–Trinajstić information content (AvgIpc) is 2.73. The van der Waals surface area contributed by atoms with Crippen LogP contribution in [0.4, 0.5) is 8.78 Å². The Morgan fingerprint density at radius 2 is 2.05 bits per heavy atom. The van der Waals surface area contributed by atoms with E-state index in [9.17, 15) is 22.0 Å². The maximum atomic E-state index is 12.5. The minimum Gasteiger partial charge on any atom is -0.349 e. The second-order valence-electron chi connectivity index (χ2n) is 4.59. The average molecular weight is 349 g/mol. The van der Waals surface area contributed by atoms with Crippen LogP contribution in [0.15, 0.2) is 16.3 Å². The molecule has 0 aromatic carbocycles. The number of halogens is 3. The molecular formula is C10H15ClF2N2O3S2. The molecule has 1 aromatic rings. The number of amides is 1. The molecular weight excluding hydrogens is 334 g/mol. The SMILES string of the molecule is CC(C)(N)CNC(=O)c1sccc1S(=O)(=O)C(F)F.Cl. The topological polar surface area (TPSA) is 89.3 Å². The van der Waals surface area contributed by atoms with E-state index in [1.165, 1.54) is 5.38 Å². The van der Waals surface area contributed by atoms with Crippen LogP contribution in [0.5, 0.6) is 0 Å². The van der Waals surface area contributed by atoms with Crippen molar-refractivity contribution in [2.75, 3.05) is 6.54 Å². The monoisotopic (exact) mass is 348 g/mol. The molecule has 0 aliphatic rings.